The fourth-order valence-corrected chi connectivity index (χ4v) is 2.93. The Hall–Kier alpha value is -0.100. The molecule has 2 atom stereocenters. The second-order valence-corrected chi connectivity index (χ2v) is 4.97. The van der Waals surface area contributed by atoms with E-state index in [1.807, 2.05) is 12.1 Å². The molecule has 0 saturated heterocycles. The lowest BCUT2D eigenvalue weighted by molar-refractivity contribution is 0.0674. The van der Waals surface area contributed by atoms with Crippen LogP contribution in [0, 0.1) is 0 Å². The molecule has 1 aromatic carbocycles. The van der Waals surface area contributed by atoms with Crippen molar-refractivity contribution in [1.82, 2.24) is 0 Å². The van der Waals surface area contributed by atoms with E-state index in [1.54, 1.807) is 0 Å². The number of aliphatic hydroxyl groups is 1. The molecular formula is C9H9Br2NO2. The monoisotopic (exact) mass is 321 g/mol. The van der Waals surface area contributed by atoms with E-state index in [-0.39, 0.29) is 12.6 Å². The molecule has 0 amide bonds. The van der Waals surface area contributed by atoms with Gasteiger partial charge in [-0.2, -0.15) is 0 Å². The highest BCUT2D eigenvalue weighted by atomic mass is 79.9. The minimum atomic E-state index is -0.639. The predicted octanol–water partition coefficient (Wildman–Crippen LogP) is 1.96. The van der Waals surface area contributed by atoms with Crippen LogP contribution in [0.3, 0.4) is 0 Å². The maximum absolute atomic E-state index is 9.54. The predicted molar refractivity (Wildman–Crippen MR) is 60.3 cm³/mol. The molecule has 0 bridgehead atoms. The first-order valence-corrected chi connectivity index (χ1v) is 5.73. The molecular weight excluding hydrogens is 314 g/mol. The Morgan fingerprint density at radius 2 is 2.14 bits per heavy atom. The van der Waals surface area contributed by atoms with Gasteiger partial charge in [0.1, 0.15) is 18.5 Å². The van der Waals surface area contributed by atoms with Gasteiger partial charge in [0.2, 0.25) is 0 Å². The maximum atomic E-state index is 9.54. The number of hydrogen-bond donors (Lipinski definition) is 2. The molecule has 76 valence electrons. The van der Waals surface area contributed by atoms with Crippen molar-refractivity contribution >= 4 is 31.9 Å². The minimum Gasteiger partial charge on any atom is -0.490 e. The van der Waals surface area contributed by atoms with Crippen LogP contribution in [0.25, 0.3) is 0 Å². The molecule has 1 aromatic rings. The van der Waals surface area contributed by atoms with Crippen LogP contribution in [-0.4, -0.2) is 17.8 Å². The topological polar surface area (TPSA) is 55.5 Å². The van der Waals surface area contributed by atoms with Crippen molar-refractivity contribution < 1.29 is 9.84 Å². The minimum absolute atomic E-state index is 0.247. The summed E-state index contributed by atoms with van der Waals surface area (Å²) in [7, 11) is 0. The highest BCUT2D eigenvalue weighted by Crippen LogP contribution is 2.38. The van der Waals surface area contributed by atoms with Gasteiger partial charge in [0, 0.05) is 14.5 Å². The van der Waals surface area contributed by atoms with Gasteiger partial charge in [-0.1, -0.05) is 31.9 Å². The zero-order chi connectivity index (χ0) is 10.3. The van der Waals surface area contributed by atoms with E-state index < -0.39 is 6.10 Å². The molecule has 5 heteroatoms. The van der Waals surface area contributed by atoms with Crippen LogP contribution in [0.5, 0.6) is 5.75 Å². The van der Waals surface area contributed by atoms with Crippen molar-refractivity contribution in [2.45, 2.75) is 12.1 Å². The van der Waals surface area contributed by atoms with Gasteiger partial charge in [0.05, 0.1) is 6.04 Å². The SMILES string of the molecule is N[C@@H]1c2c(Br)cc(Br)cc2OC[C@@H]1O. The number of aliphatic hydroxyl groups excluding tert-OH is 1. The van der Waals surface area contributed by atoms with Gasteiger partial charge in [-0.25, -0.2) is 0 Å². The van der Waals surface area contributed by atoms with Gasteiger partial charge in [-0.3, -0.25) is 0 Å². The Morgan fingerprint density at radius 3 is 2.86 bits per heavy atom. The van der Waals surface area contributed by atoms with Crippen LogP contribution < -0.4 is 10.5 Å². The van der Waals surface area contributed by atoms with Crippen LogP contribution in [0.15, 0.2) is 21.1 Å². The molecule has 3 N–H and O–H groups in total. The molecule has 0 aromatic heterocycles. The zero-order valence-corrected chi connectivity index (χ0v) is 10.4. The summed E-state index contributed by atoms with van der Waals surface area (Å²) in [5.74, 6) is 0.726. The average Bonchev–Trinajstić information content (AvgIpc) is 2.10. The van der Waals surface area contributed by atoms with Crippen LogP contribution >= 0.6 is 31.9 Å². The second kappa shape index (κ2) is 3.81. The van der Waals surface area contributed by atoms with Gasteiger partial charge in [0.25, 0.3) is 0 Å². The van der Waals surface area contributed by atoms with Gasteiger partial charge in [-0.15, -0.1) is 0 Å². The van der Waals surface area contributed by atoms with Crippen molar-refractivity contribution in [1.29, 1.82) is 0 Å². The van der Waals surface area contributed by atoms with Crippen molar-refractivity contribution in [2.75, 3.05) is 6.61 Å². The molecule has 0 saturated carbocycles. The molecule has 1 heterocycles. The number of ether oxygens (including phenoxy) is 1. The molecule has 0 unspecified atom stereocenters. The molecule has 0 aliphatic carbocycles. The summed E-state index contributed by atoms with van der Waals surface area (Å²) in [6.07, 6.45) is -0.639. The second-order valence-electron chi connectivity index (χ2n) is 3.20. The largest absolute Gasteiger partial charge is 0.490 e. The number of fused-ring (bicyclic) bond motifs is 1. The first kappa shape index (κ1) is 10.4. The molecule has 0 fully saturated rings. The zero-order valence-electron chi connectivity index (χ0n) is 7.21. The number of halogens is 2. The standard InChI is InChI=1S/C9H9Br2NO2/c10-4-1-5(11)8-7(2-4)14-3-6(13)9(8)12/h1-2,6,9,13H,3,12H2/t6-,9-/m0/s1. The third kappa shape index (κ3) is 1.69. The van der Waals surface area contributed by atoms with Crippen LogP contribution in [0.1, 0.15) is 11.6 Å². The summed E-state index contributed by atoms with van der Waals surface area (Å²) in [6, 6.07) is 3.35. The Bertz CT molecular complexity index is 370. The van der Waals surface area contributed by atoms with Crippen molar-refractivity contribution in [3.05, 3.63) is 26.6 Å². The average molecular weight is 323 g/mol. The first-order valence-electron chi connectivity index (χ1n) is 4.15. The number of rotatable bonds is 0. The van der Waals surface area contributed by atoms with E-state index >= 15 is 0 Å². The third-order valence-electron chi connectivity index (χ3n) is 2.21. The third-order valence-corrected chi connectivity index (χ3v) is 3.33. The Morgan fingerprint density at radius 1 is 1.43 bits per heavy atom. The fourth-order valence-electron chi connectivity index (χ4n) is 1.48. The van der Waals surface area contributed by atoms with Gasteiger partial charge < -0.3 is 15.6 Å². The quantitative estimate of drug-likeness (QED) is 0.767. The lowest BCUT2D eigenvalue weighted by Gasteiger charge is -2.28. The molecule has 0 spiro atoms. The van der Waals surface area contributed by atoms with Crippen LogP contribution in [0.4, 0.5) is 0 Å². The molecule has 1 aliphatic rings. The van der Waals surface area contributed by atoms with Gasteiger partial charge >= 0.3 is 0 Å². The molecule has 2 rings (SSSR count). The first-order chi connectivity index (χ1) is 6.59. The lowest BCUT2D eigenvalue weighted by atomic mass is 9.99. The summed E-state index contributed by atoms with van der Waals surface area (Å²) >= 11 is 6.76. The van der Waals surface area contributed by atoms with E-state index in [4.69, 9.17) is 10.5 Å². The number of benzene rings is 1. The highest BCUT2D eigenvalue weighted by molar-refractivity contribution is 9.11. The smallest absolute Gasteiger partial charge is 0.126 e. The van der Waals surface area contributed by atoms with Crippen molar-refractivity contribution in [3.8, 4) is 5.75 Å². The van der Waals surface area contributed by atoms with E-state index in [0.29, 0.717) is 0 Å². The molecule has 1 aliphatic heterocycles. The van der Waals surface area contributed by atoms with E-state index in [1.165, 1.54) is 0 Å². The normalized spacial score (nSPS) is 25.4. The van der Waals surface area contributed by atoms with Crippen molar-refractivity contribution in [2.24, 2.45) is 5.73 Å². The van der Waals surface area contributed by atoms with Crippen LogP contribution in [0.2, 0.25) is 0 Å². The molecule has 0 radical (unpaired) electrons. The van der Waals surface area contributed by atoms with E-state index in [0.717, 1.165) is 20.3 Å². The maximum Gasteiger partial charge on any atom is 0.126 e. The molecule has 3 nitrogen and oxygen atoms in total. The summed E-state index contributed by atoms with van der Waals surface area (Å²) < 4.78 is 7.16. The van der Waals surface area contributed by atoms with E-state index in [2.05, 4.69) is 31.9 Å². The van der Waals surface area contributed by atoms with Gasteiger partial charge in [-0.05, 0) is 12.1 Å². The van der Waals surface area contributed by atoms with Gasteiger partial charge in [0.15, 0.2) is 0 Å². The Labute approximate surface area is 98.5 Å². The van der Waals surface area contributed by atoms with E-state index in [9.17, 15) is 5.11 Å². The number of nitrogens with two attached hydrogens (primary N) is 1. The fraction of sp³-hybridized carbons (Fsp3) is 0.333. The Balaban J connectivity index is 2.54. The molecule has 14 heavy (non-hydrogen) atoms. The van der Waals surface area contributed by atoms with Crippen molar-refractivity contribution in [3.63, 3.8) is 0 Å². The summed E-state index contributed by atoms with van der Waals surface area (Å²) in [5, 5.41) is 9.54. The summed E-state index contributed by atoms with van der Waals surface area (Å²) in [5.41, 5.74) is 6.69. The van der Waals surface area contributed by atoms with Crippen LogP contribution in [-0.2, 0) is 0 Å². The lowest BCUT2D eigenvalue weighted by Crippen LogP contribution is -2.36. The Kier molecular flexibility index (Phi) is 2.83. The summed E-state index contributed by atoms with van der Waals surface area (Å²) in [4.78, 5) is 0. The number of hydrogen-bond acceptors (Lipinski definition) is 3. The highest BCUT2D eigenvalue weighted by Gasteiger charge is 2.28. The summed E-state index contributed by atoms with van der Waals surface area (Å²) in [6.45, 7) is 0.247.